The lowest BCUT2D eigenvalue weighted by molar-refractivity contribution is 0.0697. The van der Waals surface area contributed by atoms with Gasteiger partial charge in [-0.15, -0.1) is 0 Å². The minimum atomic E-state index is -0.932. The van der Waals surface area contributed by atoms with Crippen LogP contribution in [-0.2, 0) is 6.54 Å². The van der Waals surface area contributed by atoms with E-state index in [0.717, 1.165) is 42.3 Å². The van der Waals surface area contributed by atoms with E-state index in [-0.39, 0.29) is 11.6 Å². The van der Waals surface area contributed by atoms with Gasteiger partial charge in [-0.3, -0.25) is 0 Å². The third kappa shape index (κ3) is 2.58. The van der Waals surface area contributed by atoms with E-state index in [0.29, 0.717) is 6.54 Å². The zero-order valence-corrected chi connectivity index (χ0v) is 13.1. The molecule has 4 atom stereocenters. The van der Waals surface area contributed by atoms with Crippen LogP contribution in [0.4, 0.5) is 4.79 Å². The smallest absolute Gasteiger partial charge is 0.335 e. The van der Waals surface area contributed by atoms with Crippen molar-refractivity contribution in [1.82, 2.24) is 10.2 Å². The molecule has 0 radical (unpaired) electrons. The van der Waals surface area contributed by atoms with Crippen molar-refractivity contribution in [3.8, 4) is 0 Å². The van der Waals surface area contributed by atoms with Crippen LogP contribution in [0, 0.1) is 23.7 Å². The first kappa shape index (κ1) is 14.5. The Morgan fingerprint density at radius 3 is 2.26 bits per heavy atom. The second kappa shape index (κ2) is 5.55. The van der Waals surface area contributed by atoms with Gasteiger partial charge in [0.2, 0.25) is 0 Å². The Hall–Kier alpha value is -2.04. The summed E-state index contributed by atoms with van der Waals surface area (Å²) in [6.07, 6.45) is 4.11. The van der Waals surface area contributed by atoms with Crippen molar-refractivity contribution in [2.24, 2.45) is 23.7 Å². The lowest BCUT2D eigenvalue weighted by Gasteiger charge is -2.22. The van der Waals surface area contributed by atoms with Crippen molar-refractivity contribution in [2.75, 3.05) is 13.1 Å². The molecule has 3 aliphatic rings. The van der Waals surface area contributed by atoms with Gasteiger partial charge in [0.05, 0.1) is 5.56 Å². The topological polar surface area (TPSA) is 69.6 Å². The largest absolute Gasteiger partial charge is 0.478 e. The molecule has 3 fully saturated rings. The molecule has 5 nitrogen and oxygen atoms in total. The number of nitrogens with one attached hydrogen (secondary N) is 1. The van der Waals surface area contributed by atoms with Crippen LogP contribution < -0.4 is 5.32 Å². The summed E-state index contributed by atoms with van der Waals surface area (Å²) in [7, 11) is 0. The van der Waals surface area contributed by atoms with Gasteiger partial charge < -0.3 is 15.3 Å². The number of hydrogen-bond donors (Lipinski definition) is 2. The van der Waals surface area contributed by atoms with Gasteiger partial charge in [0.15, 0.2) is 0 Å². The maximum Gasteiger partial charge on any atom is 0.335 e. The number of fused-ring (bicyclic) bond motifs is 5. The summed E-state index contributed by atoms with van der Waals surface area (Å²) in [5.74, 6) is 2.24. The number of nitrogens with zero attached hydrogens (tertiary/aromatic N) is 1. The number of aromatic carboxylic acids is 1. The first-order valence-electron chi connectivity index (χ1n) is 8.47. The molecular formula is C18H22N2O3. The molecule has 23 heavy (non-hydrogen) atoms. The quantitative estimate of drug-likeness (QED) is 0.901. The van der Waals surface area contributed by atoms with Gasteiger partial charge in [0, 0.05) is 19.6 Å². The van der Waals surface area contributed by atoms with E-state index >= 15 is 0 Å². The Labute approximate surface area is 135 Å². The first-order chi connectivity index (χ1) is 11.1. The van der Waals surface area contributed by atoms with Crippen LogP contribution >= 0.6 is 0 Å². The SMILES string of the molecule is O=C(O)c1ccc(CNC(=O)N2CC3C4CCC(C4)C3C2)cc1. The van der Waals surface area contributed by atoms with Gasteiger partial charge in [0.1, 0.15) is 0 Å². The number of carboxylic acids is 1. The van der Waals surface area contributed by atoms with E-state index in [9.17, 15) is 9.59 Å². The number of urea groups is 1. The summed E-state index contributed by atoms with van der Waals surface area (Å²) < 4.78 is 0. The number of carbonyl (C=O) groups is 2. The number of carboxylic acid groups (broad SMARTS) is 1. The maximum absolute atomic E-state index is 12.4. The molecule has 1 saturated heterocycles. The van der Waals surface area contributed by atoms with Crippen molar-refractivity contribution in [2.45, 2.75) is 25.8 Å². The highest BCUT2D eigenvalue weighted by molar-refractivity contribution is 5.87. The predicted molar refractivity (Wildman–Crippen MR) is 85.0 cm³/mol. The Morgan fingerprint density at radius 2 is 1.70 bits per heavy atom. The molecule has 1 heterocycles. The lowest BCUT2D eigenvalue weighted by atomic mass is 9.82. The molecule has 4 unspecified atom stereocenters. The Balaban J connectivity index is 1.31. The van der Waals surface area contributed by atoms with Gasteiger partial charge in [-0.2, -0.15) is 0 Å². The minimum absolute atomic E-state index is 0.0149. The second-order valence-corrected chi connectivity index (χ2v) is 7.23. The molecule has 2 aliphatic carbocycles. The second-order valence-electron chi connectivity index (χ2n) is 7.23. The van der Waals surface area contributed by atoms with Crippen molar-refractivity contribution in [3.63, 3.8) is 0 Å². The van der Waals surface area contributed by atoms with E-state index < -0.39 is 5.97 Å². The highest BCUT2D eigenvalue weighted by Gasteiger charge is 2.52. The fourth-order valence-corrected chi connectivity index (χ4v) is 4.90. The molecule has 2 N–H and O–H groups in total. The molecule has 2 bridgehead atoms. The van der Waals surface area contributed by atoms with Gasteiger partial charge in [-0.05, 0) is 60.6 Å². The summed E-state index contributed by atoms with van der Waals surface area (Å²) in [4.78, 5) is 25.2. The third-order valence-corrected chi connectivity index (χ3v) is 6.07. The monoisotopic (exact) mass is 314 g/mol. The Kier molecular flexibility index (Phi) is 3.51. The molecule has 0 aromatic heterocycles. The molecule has 0 spiro atoms. The zero-order chi connectivity index (χ0) is 16.0. The van der Waals surface area contributed by atoms with Crippen LogP contribution in [0.5, 0.6) is 0 Å². The van der Waals surface area contributed by atoms with E-state index in [1.165, 1.54) is 19.3 Å². The van der Waals surface area contributed by atoms with Crippen molar-refractivity contribution in [3.05, 3.63) is 35.4 Å². The molecule has 1 aliphatic heterocycles. The van der Waals surface area contributed by atoms with Gasteiger partial charge in [-0.25, -0.2) is 9.59 Å². The normalized spacial score (nSPS) is 31.2. The van der Waals surface area contributed by atoms with Crippen LogP contribution in [0.25, 0.3) is 0 Å². The van der Waals surface area contributed by atoms with Gasteiger partial charge >= 0.3 is 12.0 Å². The fourth-order valence-electron chi connectivity index (χ4n) is 4.90. The average molecular weight is 314 g/mol. The maximum atomic E-state index is 12.4. The van der Waals surface area contributed by atoms with Gasteiger partial charge in [0.25, 0.3) is 0 Å². The number of carbonyl (C=O) groups excluding carboxylic acids is 1. The summed E-state index contributed by atoms with van der Waals surface area (Å²) in [6.45, 7) is 2.27. The molecule has 2 amide bonds. The van der Waals surface area contributed by atoms with E-state index in [2.05, 4.69) is 5.32 Å². The molecule has 5 heteroatoms. The highest BCUT2D eigenvalue weighted by Crippen LogP contribution is 2.55. The molecule has 4 rings (SSSR count). The zero-order valence-electron chi connectivity index (χ0n) is 13.1. The van der Waals surface area contributed by atoms with Crippen LogP contribution in [0.1, 0.15) is 35.2 Å². The van der Waals surface area contributed by atoms with Crippen LogP contribution in [0.15, 0.2) is 24.3 Å². The Morgan fingerprint density at radius 1 is 1.09 bits per heavy atom. The predicted octanol–water partition coefficient (Wildman–Crippen LogP) is 2.57. The van der Waals surface area contributed by atoms with Crippen LogP contribution in [0.2, 0.25) is 0 Å². The number of rotatable bonds is 3. The number of amides is 2. The molecule has 2 saturated carbocycles. The number of hydrogen-bond acceptors (Lipinski definition) is 2. The lowest BCUT2D eigenvalue weighted by Crippen LogP contribution is -2.39. The third-order valence-electron chi connectivity index (χ3n) is 6.07. The summed E-state index contributed by atoms with van der Waals surface area (Å²) in [5, 5.41) is 11.9. The van der Waals surface area contributed by atoms with E-state index in [4.69, 9.17) is 5.11 Å². The van der Waals surface area contributed by atoms with Crippen molar-refractivity contribution < 1.29 is 14.7 Å². The fraction of sp³-hybridized carbons (Fsp3) is 0.556. The van der Waals surface area contributed by atoms with Gasteiger partial charge in [-0.1, -0.05) is 12.1 Å². The molecule has 1 aromatic carbocycles. The van der Waals surface area contributed by atoms with E-state index in [1.807, 2.05) is 4.90 Å². The standard InChI is InChI=1S/C18H22N2O3/c21-17(22)12-3-1-11(2-4-12)8-19-18(23)20-9-15-13-5-6-14(7-13)16(15)10-20/h1-4,13-16H,5-10H2,(H,19,23)(H,21,22). The molecule has 1 aromatic rings. The summed E-state index contributed by atoms with van der Waals surface area (Å²) in [5.41, 5.74) is 1.19. The van der Waals surface area contributed by atoms with E-state index in [1.54, 1.807) is 24.3 Å². The van der Waals surface area contributed by atoms with Crippen LogP contribution in [0.3, 0.4) is 0 Å². The average Bonchev–Trinajstić information content (AvgIpc) is 3.25. The van der Waals surface area contributed by atoms with Crippen LogP contribution in [-0.4, -0.2) is 35.1 Å². The highest BCUT2D eigenvalue weighted by atomic mass is 16.4. The first-order valence-corrected chi connectivity index (χ1v) is 8.47. The van der Waals surface area contributed by atoms with Crippen molar-refractivity contribution >= 4 is 12.0 Å². The minimum Gasteiger partial charge on any atom is -0.478 e. The van der Waals surface area contributed by atoms with Crippen molar-refractivity contribution in [1.29, 1.82) is 0 Å². The molecular weight excluding hydrogens is 292 g/mol. The Bertz CT molecular complexity index is 610. The number of benzene rings is 1. The number of likely N-dealkylation sites (tertiary alicyclic amines) is 1. The summed E-state index contributed by atoms with van der Waals surface area (Å²) >= 11 is 0. The molecule has 122 valence electrons. The summed E-state index contributed by atoms with van der Waals surface area (Å²) in [6, 6.07) is 6.66.